The molecule has 0 heterocycles. The van der Waals surface area contributed by atoms with Crippen molar-refractivity contribution in [2.45, 2.75) is 40.5 Å². The number of carbonyl (C=O) groups is 1. The molecule has 0 atom stereocenters. The van der Waals surface area contributed by atoms with E-state index in [-0.39, 0.29) is 11.3 Å². The highest BCUT2D eigenvalue weighted by Gasteiger charge is 2.23. The van der Waals surface area contributed by atoms with Crippen LogP contribution in [0.4, 0.5) is 0 Å². The average molecular weight is 228 g/mol. The Hall–Kier alpha value is -0.760. The molecule has 0 aromatic carbocycles. The number of allylic oxidation sites excluding steroid dienone is 4. The Balaban J connectivity index is 3.08. The molecular formula is C12H18ClNO. The summed E-state index contributed by atoms with van der Waals surface area (Å²) in [6, 6.07) is 0. The molecule has 1 rings (SSSR count). The number of halogens is 1. The zero-order chi connectivity index (χ0) is 11.6. The highest BCUT2D eigenvalue weighted by molar-refractivity contribution is 6.29. The minimum Gasteiger partial charge on any atom is -0.330 e. The molecule has 0 unspecified atom stereocenters. The van der Waals surface area contributed by atoms with E-state index in [1.165, 1.54) is 6.92 Å². The zero-order valence-electron chi connectivity index (χ0n) is 9.78. The van der Waals surface area contributed by atoms with Gasteiger partial charge in [-0.05, 0) is 29.9 Å². The van der Waals surface area contributed by atoms with E-state index in [1.54, 1.807) is 0 Å². The molecule has 0 aromatic heterocycles. The lowest BCUT2D eigenvalue weighted by atomic mass is 9.82. The van der Waals surface area contributed by atoms with E-state index in [0.717, 1.165) is 29.1 Å². The molecule has 84 valence electrons. The molecule has 0 saturated heterocycles. The predicted octanol–water partition coefficient (Wildman–Crippen LogP) is 3.34. The minimum absolute atomic E-state index is 0.0122. The summed E-state index contributed by atoms with van der Waals surface area (Å²) in [4.78, 5) is 11.1. The van der Waals surface area contributed by atoms with E-state index in [2.05, 4.69) is 26.1 Å². The average Bonchev–Trinajstić information content (AvgIpc) is 2.05. The van der Waals surface area contributed by atoms with E-state index in [4.69, 9.17) is 11.6 Å². The van der Waals surface area contributed by atoms with E-state index in [9.17, 15) is 4.79 Å². The maximum Gasteiger partial charge on any atom is 0.221 e. The summed E-state index contributed by atoms with van der Waals surface area (Å²) in [6.45, 7) is 7.90. The van der Waals surface area contributed by atoms with Crippen LogP contribution in [0.15, 0.2) is 22.4 Å². The Kier molecular flexibility index (Phi) is 3.61. The second kappa shape index (κ2) is 4.40. The lowest BCUT2D eigenvalue weighted by molar-refractivity contribution is -0.118. The first-order valence-electron chi connectivity index (χ1n) is 5.18. The quantitative estimate of drug-likeness (QED) is 0.732. The molecule has 0 aliphatic heterocycles. The van der Waals surface area contributed by atoms with Gasteiger partial charge in [0.1, 0.15) is 0 Å². The first kappa shape index (κ1) is 12.3. The summed E-state index contributed by atoms with van der Waals surface area (Å²) in [5.41, 5.74) is 2.16. The Morgan fingerprint density at radius 1 is 1.40 bits per heavy atom. The molecular weight excluding hydrogens is 210 g/mol. The molecule has 0 bridgehead atoms. The summed E-state index contributed by atoms with van der Waals surface area (Å²) >= 11 is 6.03. The predicted molar refractivity (Wildman–Crippen MR) is 63.5 cm³/mol. The van der Waals surface area contributed by atoms with Crippen LogP contribution in [0.1, 0.15) is 40.5 Å². The molecule has 2 nitrogen and oxygen atoms in total. The highest BCUT2D eigenvalue weighted by Crippen LogP contribution is 2.35. The van der Waals surface area contributed by atoms with Crippen LogP contribution in [-0.4, -0.2) is 5.91 Å². The lowest BCUT2D eigenvalue weighted by Crippen LogP contribution is -2.25. The van der Waals surface area contributed by atoms with Crippen LogP contribution in [0.3, 0.4) is 0 Å². The van der Waals surface area contributed by atoms with Gasteiger partial charge in [-0.25, -0.2) is 0 Å². The second-order valence-corrected chi connectivity index (χ2v) is 5.40. The lowest BCUT2D eigenvalue weighted by Gasteiger charge is -2.28. The van der Waals surface area contributed by atoms with Crippen molar-refractivity contribution in [2.75, 3.05) is 0 Å². The van der Waals surface area contributed by atoms with Crippen molar-refractivity contribution in [3.05, 3.63) is 22.4 Å². The van der Waals surface area contributed by atoms with Gasteiger partial charge in [-0.3, -0.25) is 4.79 Å². The number of amides is 1. The van der Waals surface area contributed by atoms with Gasteiger partial charge in [0, 0.05) is 17.7 Å². The van der Waals surface area contributed by atoms with E-state index < -0.39 is 0 Å². The molecule has 1 aliphatic carbocycles. The van der Waals surface area contributed by atoms with Gasteiger partial charge in [-0.2, -0.15) is 0 Å². The fourth-order valence-corrected chi connectivity index (χ4v) is 1.91. The Morgan fingerprint density at radius 2 is 2.00 bits per heavy atom. The van der Waals surface area contributed by atoms with Gasteiger partial charge in [0.2, 0.25) is 5.91 Å². The topological polar surface area (TPSA) is 29.1 Å². The van der Waals surface area contributed by atoms with Crippen molar-refractivity contribution in [1.82, 2.24) is 5.32 Å². The third kappa shape index (κ3) is 3.38. The molecule has 15 heavy (non-hydrogen) atoms. The van der Waals surface area contributed by atoms with E-state index in [1.807, 2.05) is 6.08 Å². The van der Waals surface area contributed by atoms with Crippen LogP contribution in [-0.2, 0) is 4.79 Å². The van der Waals surface area contributed by atoms with Crippen molar-refractivity contribution in [1.29, 1.82) is 0 Å². The molecule has 0 fully saturated rings. The van der Waals surface area contributed by atoms with Gasteiger partial charge in [0.15, 0.2) is 0 Å². The van der Waals surface area contributed by atoms with Crippen molar-refractivity contribution >= 4 is 17.5 Å². The summed E-state index contributed by atoms with van der Waals surface area (Å²) < 4.78 is 0. The second-order valence-electron chi connectivity index (χ2n) is 4.91. The van der Waals surface area contributed by atoms with Gasteiger partial charge in [0.25, 0.3) is 0 Å². The van der Waals surface area contributed by atoms with Crippen molar-refractivity contribution < 1.29 is 4.79 Å². The van der Waals surface area contributed by atoms with Gasteiger partial charge in [0.05, 0.1) is 0 Å². The number of hydrogen-bond donors (Lipinski definition) is 1. The molecule has 3 heteroatoms. The Bertz CT molecular complexity index is 334. The summed E-state index contributed by atoms with van der Waals surface area (Å²) in [7, 11) is 0. The molecule has 1 amide bonds. The largest absolute Gasteiger partial charge is 0.330 e. The number of rotatable bonds is 1. The molecule has 0 aromatic rings. The van der Waals surface area contributed by atoms with Crippen LogP contribution < -0.4 is 5.32 Å². The van der Waals surface area contributed by atoms with E-state index >= 15 is 0 Å². The summed E-state index contributed by atoms with van der Waals surface area (Å²) in [5.74, 6) is -0.0156. The third-order valence-corrected chi connectivity index (χ3v) is 2.67. The van der Waals surface area contributed by atoms with Crippen LogP contribution in [0, 0.1) is 5.41 Å². The van der Waals surface area contributed by atoms with Crippen molar-refractivity contribution in [3.63, 3.8) is 0 Å². The smallest absolute Gasteiger partial charge is 0.221 e. The molecule has 0 radical (unpaired) electrons. The van der Waals surface area contributed by atoms with E-state index in [0.29, 0.717) is 0 Å². The fraction of sp³-hybridized carbons (Fsp3) is 0.583. The van der Waals surface area contributed by atoms with Crippen LogP contribution >= 0.6 is 11.6 Å². The zero-order valence-corrected chi connectivity index (χ0v) is 10.5. The normalized spacial score (nSPS) is 17.5. The summed E-state index contributed by atoms with van der Waals surface area (Å²) in [6.07, 6.45) is 3.62. The summed E-state index contributed by atoms with van der Waals surface area (Å²) in [5, 5.41) is 3.77. The molecule has 0 spiro atoms. The van der Waals surface area contributed by atoms with Crippen LogP contribution in [0.2, 0.25) is 0 Å². The van der Waals surface area contributed by atoms with Gasteiger partial charge >= 0.3 is 0 Å². The van der Waals surface area contributed by atoms with Gasteiger partial charge in [-0.15, -0.1) is 0 Å². The molecule has 0 saturated carbocycles. The van der Waals surface area contributed by atoms with Gasteiger partial charge in [-0.1, -0.05) is 32.4 Å². The Labute approximate surface area is 96.4 Å². The maximum atomic E-state index is 11.1. The number of nitrogens with one attached hydrogen (secondary N) is 1. The van der Waals surface area contributed by atoms with Crippen molar-refractivity contribution in [3.8, 4) is 0 Å². The van der Waals surface area contributed by atoms with Crippen LogP contribution in [0.5, 0.6) is 0 Å². The fourth-order valence-electron chi connectivity index (χ4n) is 1.71. The van der Waals surface area contributed by atoms with Crippen molar-refractivity contribution in [2.24, 2.45) is 5.41 Å². The number of hydrogen-bond acceptors (Lipinski definition) is 1. The highest BCUT2D eigenvalue weighted by atomic mass is 35.5. The first-order valence-corrected chi connectivity index (χ1v) is 5.56. The Morgan fingerprint density at radius 3 is 2.47 bits per heavy atom. The monoisotopic (exact) mass is 227 g/mol. The standard InChI is InChI=1S/C12H18ClNO/c1-8(15)14-11-6-5-9(13)7-10(11)12(2,3)4/h7H,5-6H2,1-4H3,(H,14,15). The molecule has 1 N–H and O–H groups in total. The minimum atomic E-state index is -0.0156. The SMILES string of the molecule is CC(=O)NC1=C(C(C)(C)C)C=C(Cl)CC1. The van der Waals surface area contributed by atoms with Gasteiger partial charge < -0.3 is 5.32 Å². The third-order valence-electron chi connectivity index (χ3n) is 2.37. The molecule has 1 aliphatic rings. The first-order chi connectivity index (χ1) is 6.80. The number of carbonyl (C=O) groups excluding carboxylic acids is 1. The van der Waals surface area contributed by atoms with Crippen LogP contribution in [0.25, 0.3) is 0 Å². The maximum absolute atomic E-state index is 11.1.